The molecule has 11 heteroatoms. The first-order valence-electron chi connectivity index (χ1n) is 12.5. The molecule has 4 aromatic carbocycles. The summed E-state index contributed by atoms with van der Waals surface area (Å²) in [6.45, 7) is 13.3. The lowest BCUT2D eigenvalue weighted by molar-refractivity contribution is -0.135. The van der Waals surface area contributed by atoms with Crippen LogP contribution in [-0.4, -0.2) is 23.9 Å². The summed E-state index contributed by atoms with van der Waals surface area (Å²) in [4.78, 5) is 47.7. The third kappa shape index (κ3) is 6.41. The summed E-state index contributed by atoms with van der Waals surface area (Å²) in [5, 5.41) is -0.603. The Labute approximate surface area is 247 Å². The van der Waals surface area contributed by atoms with Gasteiger partial charge in [0.2, 0.25) is 0 Å². The molecule has 0 bridgehead atoms. The highest BCUT2D eigenvalue weighted by Gasteiger charge is 2.36. The van der Waals surface area contributed by atoms with Crippen LogP contribution in [0.2, 0.25) is 0 Å². The second-order valence-electron chi connectivity index (χ2n) is 8.82. The minimum atomic E-state index is -4.94. The molecule has 0 aliphatic carbocycles. The van der Waals surface area contributed by atoms with Gasteiger partial charge in [0, 0.05) is 24.3 Å². The van der Waals surface area contributed by atoms with Crippen molar-refractivity contribution >= 4 is 45.4 Å². The summed E-state index contributed by atoms with van der Waals surface area (Å²) in [6, 6.07) is 11.4. The largest absolute Gasteiger partial charge is 0.423 e. The van der Waals surface area contributed by atoms with Crippen molar-refractivity contribution in [3.63, 3.8) is 0 Å². The third-order valence-corrected chi connectivity index (χ3v) is 6.10. The number of carbonyl (C=O) groups excluding carboxylic acids is 4. The number of esters is 4. The van der Waals surface area contributed by atoms with Crippen LogP contribution in [0.5, 0.6) is 23.0 Å². The first-order chi connectivity index (χ1) is 20.9. The van der Waals surface area contributed by atoms with E-state index in [1.165, 1.54) is 42.5 Å². The molecule has 0 fully saturated rings. The highest BCUT2D eigenvalue weighted by Crippen LogP contribution is 2.48. The van der Waals surface area contributed by atoms with Crippen molar-refractivity contribution in [2.45, 2.75) is 6.18 Å². The summed E-state index contributed by atoms with van der Waals surface area (Å²) in [6.07, 6.45) is -1.48. The smallest absolute Gasteiger partial charge is 0.417 e. The molecule has 4 aromatic rings. The molecule has 0 amide bonds. The molecule has 0 radical (unpaired) electrons. The molecule has 8 nitrogen and oxygen atoms in total. The van der Waals surface area contributed by atoms with E-state index in [4.69, 9.17) is 18.9 Å². The Bertz CT molecular complexity index is 1820. The van der Waals surface area contributed by atoms with Crippen LogP contribution in [-0.2, 0) is 25.4 Å². The third-order valence-electron chi connectivity index (χ3n) is 6.10. The van der Waals surface area contributed by atoms with Crippen LogP contribution in [0.15, 0.2) is 105 Å². The van der Waals surface area contributed by atoms with Crippen LogP contribution in [0.25, 0.3) is 32.7 Å². The topological polar surface area (TPSA) is 105 Å². The van der Waals surface area contributed by atoms with Gasteiger partial charge in [0.1, 0.15) is 11.5 Å². The number of hydrogen-bond donors (Lipinski definition) is 0. The Hall–Kier alpha value is -5.97. The highest BCUT2D eigenvalue weighted by molar-refractivity contribution is 6.16. The van der Waals surface area contributed by atoms with Gasteiger partial charge >= 0.3 is 30.1 Å². The van der Waals surface area contributed by atoms with E-state index in [9.17, 15) is 32.3 Å². The van der Waals surface area contributed by atoms with Crippen molar-refractivity contribution < 1.29 is 51.3 Å². The van der Waals surface area contributed by atoms with Gasteiger partial charge in [-0.3, -0.25) is 0 Å². The fraction of sp³-hybridized carbons (Fsp3) is 0.0303. The molecule has 0 heterocycles. The lowest BCUT2D eigenvalue weighted by Crippen LogP contribution is -2.10. The first-order valence-corrected chi connectivity index (χ1v) is 12.5. The first kappa shape index (κ1) is 31.0. The normalized spacial score (nSPS) is 10.9. The minimum absolute atomic E-state index is 0.0656. The van der Waals surface area contributed by atoms with E-state index in [1.54, 1.807) is 0 Å². The average molecular weight is 603 g/mol. The van der Waals surface area contributed by atoms with Crippen LogP contribution >= 0.6 is 0 Å². The van der Waals surface area contributed by atoms with Gasteiger partial charge in [-0.05, 0) is 69.1 Å². The second kappa shape index (κ2) is 12.5. The van der Waals surface area contributed by atoms with Crippen molar-refractivity contribution in [3.8, 4) is 34.1 Å². The Kier molecular flexibility index (Phi) is 8.80. The fourth-order valence-electron chi connectivity index (χ4n) is 4.37. The van der Waals surface area contributed by atoms with Crippen molar-refractivity contribution in [2.75, 3.05) is 0 Å². The summed E-state index contributed by atoms with van der Waals surface area (Å²) in [7, 11) is 0. The zero-order valence-corrected chi connectivity index (χ0v) is 22.7. The summed E-state index contributed by atoms with van der Waals surface area (Å²) < 4.78 is 65.0. The van der Waals surface area contributed by atoms with E-state index in [-0.39, 0.29) is 55.7 Å². The molecular formula is C33H21F3O8. The van der Waals surface area contributed by atoms with Crippen LogP contribution in [0.4, 0.5) is 13.2 Å². The molecule has 0 aliphatic heterocycles. The average Bonchev–Trinajstić information content (AvgIpc) is 2.99. The van der Waals surface area contributed by atoms with Gasteiger partial charge in [0.05, 0.1) is 5.56 Å². The number of benzene rings is 4. The molecule has 0 aromatic heterocycles. The van der Waals surface area contributed by atoms with Crippen molar-refractivity contribution in [1.29, 1.82) is 0 Å². The van der Waals surface area contributed by atoms with Gasteiger partial charge in [0.15, 0.2) is 11.5 Å². The predicted molar refractivity (Wildman–Crippen MR) is 155 cm³/mol. The van der Waals surface area contributed by atoms with Crippen LogP contribution < -0.4 is 18.9 Å². The predicted octanol–water partition coefficient (Wildman–Crippen LogP) is 7.04. The van der Waals surface area contributed by atoms with Gasteiger partial charge in [-0.1, -0.05) is 44.5 Å². The number of hydrogen-bond acceptors (Lipinski definition) is 8. The van der Waals surface area contributed by atoms with Gasteiger partial charge in [-0.2, -0.15) is 13.2 Å². The molecule has 0 spiro atoms. The van der Waals surface area contributed by atoms with E-state index < -0.39 is 35.6 Å². The van der Waals surface area contributed by atoms with E-state index in [0.29, 0.717) is 0 Å². The maximum absolute atomic E-state index is 14.8. The number of fused-ring (bicyclic) bond motifs is 2. The summed E-state index contributed by atoms with van der Waals surface area (Å²) in [5.74, 6) is -4.35. The van der Waals surface area contributed by atoms with Crippen LogP contribution in [0.3, 0.4) is 0 Å². The molecule has 0 aliphatic rings. The highest BCUT2D eigenvalue weighted by atomic mass is 19.4. The Morgan fingerprint density at radius 1 is 0.545 bits per heavy atom. The van der Waals surface area contributed by atoms with E-state index in [2.05, 4.69) is 26.3 Å². The van der Waals surface area contributed by atoms with Gasteiger partial charge < -0.3 is 18.9 Å². The molecule has 4 rings (SSSR count). The molecule has 0 unspecified atom stereocenters. The van der Waals surface area contributed by atoms with Gasteiger partial charge in [-0.25, -0.2) is 19.2 Å². The van der Waals surface area contributed by atoms with Crippen molar-refractivity contribution in [1.82, 2.24) is 0 Å². The van der Waals surface area contributed by atoms with Gasteiger partial charge in [0.25, 0.3) is 0 Å². The van der Waals surface area contributed by atoms with Crippen LogP contribution in [0.1, 0.15) is 5.56 Å². The van der Waals surface area contributed by atoms with E-state index in [0.717, 1.165) is 36.4 Å². The SMILES string of the molecule is C=CC(=O)Oc1ccc2c(-c3ccc(OC(=O)C=C)c(OC(=O)C=C)c3)c3ccc(OC(=O)C=C)cc3c(C(F)(F)F)c2c1. The lowest BCUT2D eigenvalue weighted by Gasteiger charge is -2.20. The van der Waals surface area contributed by atoms with Gasteiger partial charge in [-0.15, -0.1) is 0 Å². The maximum atomic E-state index is 14.8. The van der Waals surface area contributed by atoms with E-state index >= 15 is 0 Å². The number of halogens is 3. The van der Waals surface area contributed by atoms with E-state index in [1.807, 2.05) is 0 Å². The van der Waals surface area contributed by atoms with Crippen molar-refractivity contribution in [2.24, 2.45) is 0 Å². The maximum Gasteiger partial charge on any atom is 0.417 e. The molecule has 0 saturated heterocycles. The molecule has 0 N–H and O–H groups in total. The Morgan fingerprint density at radius 2 is 0.977 bits per heavy atom. The number of alkyl halides is 3. The molecular weight excluding hydrogens is 581 g/mol. The zero-order valence-electron chi connectivity index (χ0n) is 22.7. The lowest BCUT2D eigenvalue weighted by atomic mass is 9.87. The Balaban J connectivity index is 2.14. The Morgan fingerprint density at radius 3 is 1.41 bits per heavy atom. The summed E-state index contributed by atoms with van der Waals surface area (Å²) in [5.41, 5.74) is -0.636. The quantitative estimate of drug-likeness (QED) is 0.0869. The molecule has 222 valence electrons. The monoisotopic (exact) mass is 602 g/mol. The summed E-state index contributed by atoms with van der Waals surface area (Å²) >= 11 is 0. The van der Waals surface area contributed by atoms with Crippen LogP contribution in [0, 0.1) is 0 Å². The van der Waals surface area contributed by atoms with Crippen molar-refractivity contribution in [3.05, 3.63) is 111 Å². The number of rotatable bonds is 9. The number of ether oxygens (including phenoxy) is 4. The molecule has 0 saturated carbocycles. The minimum Gasteiger partial charge on any atom is -0.423 e. The zero-order chi connectivity index (χ0) is 32.2. The second-order valence-corrected chi connectivity index (χ2v) is 8.82. The molecule has 0 atom stereocenters. The fourth-order valence-corrected chi connectivity index (χ4v) is 4.37. The molecule has 44 heavy (non-hydrogen) atoms. The standard InChI is InChI=1S/C33H21F3O8/c1-5-27(37)41-19-10-12-21-23(16-19)32(33(34,35)36)24-17-20(42-28(38)6-2)11-13-22(24)31(21)18-9-14-25(43-29(39)7-3)26(15-18)44-30(40)8-4/h5-17H,1-4H2. The number of carbonyl (C=O) groups is 4.